The van der Waals surface area contributed by atoms with Crippen molar-refractivity contribution in [2.75, 3.05) is 6.61 Å². The lowest BCUT2D eigenvalue weighted by atomic mass is 10.1. The number of rotatable bonds is 7. The Morgan fingerprint density at radius 2 is 2.00 bits per heavy atom. The number of aromatic nitrogens is 2. The zero-order valence-electron chi connectivity index (χ0n) is 15.4. The number of amides is 1. The molecule has 1 aromatic heterocycles. The molecule has 28 heavy (non-hydrogen) atoms. The van der Waals surface area contributed by atoms with Gasteiger partial charge in [0, 0.05) is 5.56 Å². The number of benzene rings is 2. The Labute approximate surface area is 162 Å². The fourth-order valence-electron chi connectivity index (χ4n) is 2.47. The van der Waals surface area contributed by atoms with Gasteiger partial charge in [-0.2, -0.15) is 10.1 Å². The Morgan fingerprint density at radius 1 is 1.18 bits per heavy atom. The number of hydrazone groups is 1. The van der Waals surface area contributed by atoms with Crippen LogP contribution in [0.5, 0.6) is 5.75 Å². The molecule has 0 aliphatic carbocycles. The van der Waals surface area contributed by atoms with Crippen LogP contribution >= 0.6 is 0 Å². The number of carbonyl (C=O) groups excluding carboxylic acids is 1. The number of nitrogens with one attached hydrogen (secondary N) is 2. The first-order chi connectivity index (χ1) is 13.7. The standard InChI is InChI=1S/C21H20N4O3/c1-2-11-28-17-10-6-7-15(12-17)14-22-25-20(26)19-13-18(23-21(27)24-19)16-8-4-3-5-9-16/h3-10,12-14H,2,11H2,1H3,(H,25,26)(H,23,24,27)/b22-14+. The molecule has 7 nitrogen and oxygen atoms in total. The molecule has 0 saturated heterocycles. The van der Waals surface area contributed by atoms with Crippen molar-refractivity contribution >= 4 is 12.1 Å². The average Bonchev–Trinajstić information content (AvgIpc) is 2.72. The van der Waals surface area contributed by atoms with Gasteiger partial charge in [-0.1, -0.05) is 49.4 Å². The van der Waals surface area contributed by atoms with Crippen LogP contribution in [0.4, 0.5) is 0 Å². The van der Waals surface area contributed by atoms with E-state index in [0.29, 0.717) is 12.3 Å². The van der Waals surface area contributed by atoms with Gasteiger partial charge in [-0.3, -0.25) is 4.79 Å². The van der Waals surface area contributed by atoms with E-state index in [1.165, 1.54) is 12.3 Å². The smallest absolute Gasteiger partial charge is 0.346 e. The Bertz CT molecular complexity index is 1030. The molecule has 0 aliphatic rings. The molecule has 0 fully saturated rings. The highest BCUT2D eigenvalue weighted by Crippen LogP contribution is 2.15. The van der Waals surface area contributed by atoms with E-state index in [4.69, 9.17) is 4.74 Å². The first-order valence-electron chi connectivity index (χ1n) is 8.89. The molecule has 0 atom stereocenters. The van der Waals surface area contributed by atoms with Crippen LogP contribution in [-0.2, 0) is 0 Å². The van der Waals surface area contributed by atoms with Crippen LogP contribution in [0, 0.1) is 0 Å². The van der Waals surface area contributed by atoms with Crippen LogP contribution in [0.2, 0.25) is 0 Å². The van der Waals surface area contributed by atoms with Gasteiger partial charge in [-0.25, -0.2) is 10.2 Å². The summed E-state index contributed by atoms with van der Waals surface area (Å²) in [6, 6.07) is 18.1. The van der Waals surface area contributed by atoms with Crippen LogP contribution in [0.1, 0.15) is 29.4 Å². The van der Waals surface area contributed by atoms with Gasteiger partial charge in [-0.15, -0.1) is 0 Å². The van der Waals surface area contributed by atoms with Crippen molar-refractivity contribution in [1.82, 2.24) is 15.4 Å². The van der Waals surface area contributed by atoms with Gasteiger partial charge in [0.25, 0.3) is 5.91 Å². The van der Waals surface area contributed by atoms with Crippen molar-refractivity contribution in [1.29, 1.82) is 0 Å². The van der Waals surface area contributed by atoms with E-state index < -0.39 is 11.6 Å². The molecule has 0 spiro atoms. The van der Waals surface area contributed by atoms with Gasteiger partial charge in [0.05, 0.1) is 18.5 Å². The molecule has 3 rings (SSSR count). The first-order valence-corrected chi connectivity index (χ1v) is 8.89. The minimum Gasteiger partial charge on any atom is -0.494 e. The zero-order valence-corrected chi connectivity index (χ0v) is 15.4. The normalized spacial score (nSPS) is 10.8. The maximum absolute atomic E-state index is 12.3. The average molecular weight is 376 g/mol. The van der Waals surface area contributed by atoms with Gasteiger partial charge < -0.3 is 9.72 Å². The molecule has 3 aromatic rings. The van der Waals surface area contributed by atoms with Crippen molar-refractivity contribution in [2.24, 2.45) is 5.10 Å². The molecule has 0 saturated carbocycles. The van der Waals surface area contributed by atoms with Gasteiger partial charge in [0.15, 0.2) is 0 Å². The topological polar surface area (TPSA) is 96.4 Å². The van der Waals surface area contributed by atoms with Crippen molar-refractivity contribution in [3.8, 4) is 17.0 Å². The predicted molar refractivity (Wildman–Crippen MR) is 108 cm³/mol. The second kappa shape index (κ2) is 9.27. The highest BCUT2D eigenvalue weighted by molar-refractivity contribution is 5.93. The van der Waals surface area contributed by atoms with E-state index in [9.17, 15) is 9.59 Å². The summed E-state index contributed by atoms with van der Waals surface area (Å²) in [5.41, 5.74) is 3.83. The lowest BCUT2D eigenvalue weighted by molar-refractivity contribution is 0.0949. The van der Waals surface area contributed by atoms with E-state index in [1.807, 2.05) is 61.5 Å². The zero-order chi connectivity index (χ0) is 19.8. The molecule has 142 valence electrons. The summed E-state index contributed by atoms with van der Waals surface area (Å²) in [5.74, 6) is 0.203. The monoisotopic (exact) mass is 376 g/mol. The molecular formula is C21H20N4O3. The fourth-order valence-corrected chi connectivity index (χ4v) is 2.47. The van der Waals surface area contributed by atoms with Crippen molar-refractivity contribution < 1.29 is 9.53 Å². The summed E-state index contributed by atoms with van der Waals surface area (Å²) < 4.78 is 5.57. The summed E-state index contributed by atoms with van der Waals surface area (Å²) in [5, 5.41) is 3.95. The lowest BCUT2D eigenvalue weighted by Crippen LogP contribution is -2.24. The molecule has 0 radical (unpaired) electrons. The number of nitrogens with zero attached hydrogens (tertiary/aromatic N) is 2. The Balaban J connectivity index is 1.71. The lowest BCUT2D eigenvalue weighted by Gasteiger charge is -2.05. The van der Waals surface area contributed by atoms with Crippen LogP contribution in [0.15, 0.2) is 70.6 Å². The molecule has 1 heterocycles. The molecule has 0 unspecified atom stereocenters. The summed E-state index contributed by atoms with van der Waals surface area (Å²) >= 11 is 0. The number of ether oxygens (including phenoxy) is 1. The van der Waals surface area contributed by atoms with Crippen LogP contribution in [0.3, 0.4) is 0 Å². The van der Waals surface area contributed by atoms with Crippen molar-refractivity contribution in [3.63, 3.8) is 0 Å². The Morgan fingerprint density at radius 3 is 2.79 bits per heavy atom. The highest BCUT2D eigenvalue weighted by Gasteiger charge is 2.10. The molecule has 2 N–H and O–H groups in total. The molecule has 0 aliphatic heterocycles. The maximum Gasteiger partial charge on any atom is 0.346 e. The Kier molecular flexibility index (Phi) is 6.30. The quantitative estimate of drug-likeness (QED) is 0.489. The van der Waals surface area contributed by atoms with Gasteiger partial charge in [-0.05, 0) is 30.2 Å². The molecule has 0 bridgehead atoms. The third-order valence-corrected chi connectivity index (χ3v) is 3.77. The minimum absolute atomic E-state index is 0.0797. The van der Waals surface area contributed by atoms with Gasteiger partial charge in [0.2, 0.25) is 0 Å². The third-order valence-electron chi connectivity index (χ3n) is 3.77. The van der Waals surface area contributed by atoms with Crippen molar-refractivity contribution in [3.05, 3.63) is 82.4 Å². The molecule has 7 heteroatoms. The van der Waals surface area contributed by atoms with Crippen LogP contribution in [0.25, 0.3) is 11.3 Å². The summed E-state index contributed by atoms with van der Waals surface area (Å²) in [6.45, 7) is 2.67. The van der Waals surface area contributed by atoms with Gasteiger partial charge in [0.1, 0.15) is 11.4 Å². The van der Waals surface area contributed by atoms with E-state index in [0.717, 1.165) is 23.3 Å². The van der Waals surface area contributed by atoms with E-state index in [2.05, 4.69) is 20.5 Å². The fraction of sp³-hybridized carbons (Fsp3) is 0.143. The SMILES string of the molecule is CCCOc1cccc(/C=N/NC(=O)c2cc(-c3ccccc3)nc(=O)[nH]2)c1. The summed E-state index contributed by atoms with van der Waals surface area (Å²) in [6.07, 6.45) is 2.43. The molecule has 1 amide bonds. The minimum atomic E-state index is -0.601. The number of carbonyl (C=O) groups is 1. The number of hydrogen-bond acceptors (Lipinski definition) is 5. The maximum atomic E-state index is 12.3. The number of hydrogen-bond donors (Lipinski definition) is 2. The highest BCUT2D eigenvalue weighted by atomic mass is 16.5. The number of H-pyrrole nitrogens is 1. The second-order valence-electron chi connectivity index (χ2n) is 5.97. The largest absolute Gasteiger partial charge is 0.494 e. The van der Waals surface area contributed by atoms with Crippen LogP contribution < -0.4 is 15.9 Å². The molecule has 2 aromatic carbocycles. The first kappa shape index (κ1) is 19.0. The van der Waals surface area contributed by atoms with Crippen molar-refractivity contribution in [2.45, 2.75) is 13.3 Å². The number of aromatic amines is 1. The second-order valence-corrected chi connectivity index (χ2v) is 5.97. The summed E-state index contributed by atoms with van der Waals surface area (Å²) in [4.78, 5) is 30.5. The van der Waals surface area contributed by atoms with Crippen LogP contribution in [-0.4, -0.2) is 28.7 Å². The predicted octanol–water partition coefficient (Wildman–Crippen LogP) is 2.99. The van der Waals surface area contributed by atoms with E-state index in [1.54, 1.807) is 0 Å². The molecular weight excluding hydrogens is 356 g/mol. The summed E-state index contributed by atoms with van der Waals surface area (Å²) in [7, 11) is 0. The van der Waals surface area contributed by atoms with E-state index in [-0.39, 0.29) is 5.69 Å². The third kappa shape index (κ3) is 5.14. The Hall–Kier alpha value is -3.74. The van der Waals surface area contributed by atoms with Gasteiger partial charge >= 0.3 is 5.69 Å². The van der Waals surface area contributed by atoms with E-state index >= 15 is 0 Å².